The van der Waals surface area contributed by atoms with E-state index < -0.39 is 16.1 Å². The molecule has 3 heterocycles. The molecule has 8 nitrogen and oxygen atoms in total. The Labute approximate surface area is 185 Å². The topological polar surface area (TPSA) is 102 Å². The van der Waals surface area contributed by atoms with Crippen molar-refractivity contribution >= 4 is 33.2 Å². The lowest BCUT2D eigenvalue weighted by atomic mass is 10.1. The second kappa shape index (κ2) is 8.78. The number of likely N-dealkylation sites (tertiary alicyclic amines) is 1. The number of carbonyl (C=O) groups is 2. The Morgan fingerprint density at radius 2 is 1.77 bits per heavy atom. The van der Waals surface area contributed by atoms with Crippen LogP contribution in [0.25, 0.3) is 0 Å². The number of hydrogen-bond acceptors (Lipinski definition) is 6. The molecule has 4 rings (SSSR count). The maximum absolute atomic E-state index is 13.1. The molecule has 2 aliphatic rings. The Morgan fingerprint density at radius 3 is 2.45 bits per heavy atom. The van der Waals surface area contributed by atoms with Crippen LogP contribution in [0.1, 0.15) is 28.1 Å². The number of benzene rings is 1. The maximum atomic E-state index is 13.1. The quantitative estimate of drug-likeness (QED) is 0.695. The first-order valence-electron chi connectivity index (χ1n) is 10.1. The Balaban J connectivity index is 1.43. The van der Waals surface area contributed by atoms with Gasteiger partial charge in [0.2, 0.25) is 15.9 Å². The van der Waals surface area contributed by atoms with Crippen molar-refractivity contribution in [2.24, 2.45) is 0 Å². The van der Waals surface area contributed by atoms with Crippen LogP contribution in [-0.4, -0.2) is 73.1 Å². The van der Waals surface area contributed by atoms with Gasteiger partial charge in [-0.05, 0) is 36.4 Å². The zero-order chi connectivity index (χ0) is 22.0. The molecule has 1 aromatic carbocycles. The fraction of sp³-hybridized carbons (Fsp3) is 0.381. The summed E-state index contributed by atoms with van der Waals surface area (Å²) in [6, 6.07) is 11.1. The molecule has 0 N–H and O–H groups in total. The van der Waals surface area contributed by atoms with Crippen LogP contribution in [-0.2, 0) is 14.8 Å². The summed E-state index contributed by atoms with van der Waals surface area (Å²) in [5.41, 5.74) is 0.106. The van der Waals surface area contributed by atoms with Gasteiger partial charge in [-0.15, -0.1) is 11.3 Å². The number of amides is 2. The predicted molar refractivity (Wildman–Crippen MR) is 115 cm³/mol. The number of rotatable bonds is 4. The molecule has 0 aliphatic carbocycles. The van der Waals surface area contributed by atoms with E-state index in [1.54, 1.807) is 28.0 Å². The Kier molecular flexibility index (Phi) is 6.09. The van der Waals surface area contributed by atoms with Crippen LogP contribution in [0.3, 0.4) is 0 Å². The number of piperazine rings is 1. The third-order valence-corrected chi connectivity index (χ3v) is 8.52. The van der Waals surface area contributed by atoms with Gasteiger partial charge >= 0.3 is 0 Å². The third-order valence-electron chi connectivity index (χ3n) is 5.71. The highest BCUT2D eigenvalue weighted by atomic mass is 32.2. The van der Waals surface area contributed by atoms with E-state index >= 15 is 0 Å². The summed E-state index contributed by atoms with van der Waals surface area (Å²) in [6.07, 6.45) is 1.39. The number of nitriles is 1. The van der Waals surface area contributed by atoms with E-state index in [1.165, 1.54) is 27.8 Å². The molecule has 162 valence electrons. The average Bonchev–Trinajstić information content (AvgIpc) is 3.50. The van der Waals surface area contributed by atoms with Gasteiger partial charge in [0.05, 0.1) is 15.3 Å². The molecule has 2 fully saturated rings. The summed E-state index contributed by atoms with van der Waals surface area (Å²) in [7, 11) is -3.82. The highest BCUT2D eigenvalue weighted by Crippen LogP contribution is 2.25. The first-order valence-corrected chi connectivity index (χ1v) is 12.4. The molecule has 0 spiro atoms. The SMILES string of the molecule is N#Cc1ccccc1S(=O)(=O)N1CCN(C(=O)[C@@H]2CCCN2C(=O)c2cccs2)CC1. The summed E-state index contributed by atoms with van der Waals surface area (Å²) in [6.45, 7) is 1.36. The van der Waals surface area contributed by atoms with Crippen LogP contribution in [0.2, 0.25) is 0 Å². The van der Waals surface area contributed by atoms with E-state index in [0.717, 1.165) is 6.42 Å². The molecule has 2 amide bonds. The van der Waals surface area contributed by atoms with E-state index in [1.807, 2.05) is 17.5 Å². The van der Waals surface area contributed by atoms with Crippen molar-refractivity contribution in [1.29, 1.82) is 5.26 Å². The van der Waals surface area contributed by atoms with Crippen LogP contribution in [0.4, 0.5) is 0 Å². The minimum atomic E-state index is -3.82. The van der Waals surface area contributed by atoms with Gasteiger partial charge in [0.1, 0.15) is 12.1 Å². The zero-order valence-electron chi connectivity index (χ0n) is 16.8. The molecule has 10 heteroatoms. The summed E-state index contributed by atoms with van der Waals surface area (Å²) < 4.78 is 27.3. The molecule has 2 aromatic rings. The molecule has 1 aromatic heterocycles. The lowest BCUT2D eigenvalue weighted by molar-refractivity contribution is -0.136. The van der Waals surface area contributed by atoms with Crippen molar-refractivity contribution in [3.8, 4) is 6.07 Å². The standard InChI is InChI=1S/C21H22N4O4S2/c22-15-16-5-1-2-8-19(16)31(28,29)24-12-10-23(11-13-24)20(26)17-6-3-9-25(17)21(27)18-7-4-14-30-18/h1-2,4-5,7-8,14,17H,3,6,9-13H2/t17-/m0/s1. The monoisotopic (exact) mass is 458 g/mol. The van der Waals surface area contributed by atoms with Gasteiger partial charge in [-0.1, -0.05) is 18.2 Å². The Bertz CT molecular complexity index is 1120. The fourth-order valence-corrected chi connectivity index (χ4v) is 6.33. The van der Waals surface area contributed by atoms with Gasteiger partial charge in [0, 0.05) is 32.7 Å². The highest BCUT2D eigenvalue weighted by Gasteiger charge is 2.39. The van der Waals surface area contributed by atoms with Gasteiger partial charge < -0.3 is 9.80 Å². The van der Waals surface area contributed by atoms with Gasteiger partial charge in [-0.2, -0.15) is 9.57 Å². The van der Waals surface area contributed by atoms with Crippen molar-refractivity contribution in [2.75, 3.05) is 32.7 Å². The number of thiophene rings is 1. The summed E-state index contributed by atoms with van der Waals surface area (Å²) in [5.74, 6) is -0.253. The molecule has 2 saturated heterocycles. The molecular formula is C21H22N4O4S2. The lowest BCUT2D eigenvalue weighted by Gasteiger charge is -2.36. The molecule has 1 atom stereocenters. The van der Waals surface area contributed by atoms with Crippen molar-refractivity contribution in [3.63, 3.8) is 0 Å². The maximum Gasteiger partial charge on any atom is 0.264 e. The van der Waals surface area contributed by atoms with Gasteiger partial charge in [-0.25, -0.2) is 8.42 Å². The van der Waals surface area contributed by atoms with E-state index in [9.17, 15) is 23.3 Å². The molecule has 0 unspecified atom stereocenters. The molecule has 0 radical (unpaired) electrons. The Hall–Kier alpha value is -2.74. The highest BCUT2D eigenvalue weighted by molar-refractivity contribution is 7.89. The van der Waals surface area contributed by atoms with E-state index in [4.69, 9.17) is 0 Å². The average molecular weight is 459 g/mol. The van der Waals surface area contributed by atoms with Crippen LogP contribution in [0.5, 0.6) is 0 Å². The third kappa shape index (κ3) is 4.08. The fourth-order valence-electron chi connectivity index (χ4n) is 4.09. The van der Waals surface area contributed by atoms with Gasteiger partial charge in [0.15, 0.2) is 0 Å². The minimum Gasteiger partial charge on any atom is -0.338 e. The number of hydrogen-bond donors (Lipinski definition) is 0. The van der Waals surface area contributed by atoms with Crippen molar-refractivity contribution in [3.05, 3.63) is 52.2 Å². The second-order valence-electron chi connectivity index (χ2n) is 7.47. The van der Waals surface area contributed by atoms with Crippen molar-refractivity contribution < 1.29 is 18.0 Å². The summed E-state index contributed by atoms with van der Waals surface area (Å²) in [4.78, 5) is 29.8. The number of carbonyl (C=O) groups excluding carboxylic acids is 2. The number of nitrogens with zero attached hydrogens (tertiary/aromatic N) is 4. The van der Waals surface area contributed by atoms with Crippen molar-refractivity contribution in [1.82, 2.24) is 14.1 Å². The molecule has 0 bridgehead atoms. The minimum absolute atomic E-state index is 0.0132. The van der Waals surface area contributed by atoms with Crippen molar-refractivity contribution in [2.45, 2.75) is 23.8 Å². The molecular weight excluding hydrogens is 436 g/mol. The van der Waals surface area contributed by atoms with E-state index in [2.05, 4.69) is 0 Å². The van der Waals surface area contributed by atoms with Crippen LogP contribution in [0.15, 0.2) is 46.7 Å². The first-order chi connectivity index (χ1) is 14.9. The summed E-state index contributed by atoms with van der Waals surface area (Å²) >= 11 is 1.36. The van der Waals surface area contributed by atoms with E-state index in [0.29, 0.717) is 17.8 Å². The molecule has 0 saturated carbocycles. The zero-order valence-corrected chi connectivity index (χ0v) is 18.4. The van der Waals surface area contributed by atoms with Crippen LogP contribution in [0, 0.1) is 11.3 Å². The van der Waals surface area contributed by atoms with E-state index in [-0.39, 0.29) is 48.5 Å². The molecule has 31 heavy (non-hydrogen) atoms. The Morgan fingerprint density at radius 1 is 1.03 bits per heavy atom. The lowest BCUT2D eigenvalue weighted by Crippen LogP contribution is -2.55. The smallest absolute Gasteiger partial charge is 0.264 e. The van der Waals surface area contributed by atoms with Gasteiger partial charge in [0.25, 0.3) is 5.91 Å². The summed E-state index contributed by atoms with van der Waals surface area (Å²) in [5, 5.41) is 11.1. The number of sulfonamides is 1. The predicted octanol–water partition coefficient (Wildman–Crippen LogP) is 1.76. The second-order valence-corrected chi connectivity index (χ2v) is 10.3. The normalized spacial score (nSPS) is 19.9. The van der Waals surface area contributed by atoms with Crippen LogP contribution >= 0.6 is 11.3 Å². The first kappa shape index (κ1) is 21.5. The van der Waals surface area contributed by atoms with Crippen LogP contribution < -0.4 is 0 Å². The largest absolute Gasteiger partial charge is 0.338 e. The van der Waals surface area contributed by atoms with Gasteiger partial charge in [-0.3, -0.25) is 9.59 Å². The molecule has 2 aliphatic heterocycles.